The predicted molar refractivity (Wildman–Crippen MR) is 162 cm³/mol. The smallest absolute Gasteiger partial charge is 0.205 e. The summed E-state index contributed by atoms with van der Waals surface area (Å²) < 4.78 is 11.4. The molecular weight excluding hydrogens is 524 g/mol. The van der Waals surface area contributed by atoms with Crippen LogP contribution < -0.4 is 15.4 Å². The Morgan fingerprint density at radius 3 is 1.83 bits per heavy atom. The quantitative estimate of drug-likeness (QED) is 0.278. The fraction of sp³-hybridized carbons (Fsp3) is 0.594. The van der Waals surface area contributed by atoms with Crippen molar-refractivity contribution in [2.45, 2.75) is 112 Å². The average Bonchev–Trinajstić information content (AvgIpc) is 2.84. The second-order valence-electron chi connectivity index (χ2n) is 12.9. The van der Waals surface area contributed by atoms with Crippen LogP contribution in [0, 0.1) is 0 Å². The maximum Gasteiger partial charge on any atom is 0.205 e. The zero-order valence-corrected chi connectivity index (χ0v) is 26.5. The Balaban J connectivity index is 0.000000367. The van der Waals surface area contributed by atoms with Crippen LogP contribution in [0.3, 0.4) is 0 Å². The number of aliphatic hydroxyl groups excluding tert-OH is 3. The van der Waals surface area contributed by atoms with Gasteiger partial charge in [0.2, 0.25) is 5.79 Å². The SMILES string of the molecule is CC(C)(C)NCC(O)c1ccc(O)c(CO)c1.CC(C)(C)NCC(O)c1ccc2c(c1)COC(C)(C)O2.CC(C)=O. The summed E-state index contributed by atoms with van der Waals surface area (Å²) in [5.74, 6) is 0.467. The van der Waals surface area contributed by atoms with E-state index in [1.165, 1.54) is 19.9 Å². The molecule has 9 nitrogen and oxygen atoms in total. The third-order valence-corrected chi connectivity index (χ3v) is 5.71. The van der Waals surface area contributed by atoms with Gasteiger partial charge in [-0.05, 0) is 90.8 Å². The van der Waals surface area contributed by atoms with Gasteiger partial charge in [-0.3, -0.25) is 0 Å². The third-order valence-electron chi connectivity index (χ3n) is 5.71. The van der Waals surface area contributed by atoms with Crippen LogP contribution in [-0.2, 0) is 22.7 Å². The van der Waals surface area contributed by atoms with Crippen molar-refractivity contribution in [1.29, 1.82) is 0 Å². The van der Waals surface area contributed by atoms with E-state index in [0.29, 0.717) is 30.8 Å². The average molecular weight is 577 g/mol. The first-order valence-electron chi connectivity index (χ1n) is 13.9. The normalized spacial score (nSPS) is 15.6. The van der Waals surface area contributed by atoms with Crippen LogP contribution in [-0.4, -0.2) is 56.2 Å². The Bertz CT molecular complexity index is 1100. The van der Waals surface area contributed by atoms with Crippen LogP contribution >= 0.6 is 0 Å². The molecule has 0 aliphatic carbocycles. The molecular formula is C32H52N2O7. The molecule has 2 unspecified atom stereocenters. The van der Waals surface area contributed by atoms with Crippen LogP contribution in [0.4, 0.5) is 0 Å². The summed E-state index contributed by atoms with van der Waals surface area (Å²) in [5.41, 5.74) is 2.91. The molecule has 1 heterocycles. The Morgan fingerprint density at radius 1 is 0.902 bits per heavy atom. The molecule has 1 aliphatic rings. The maximum atomic E-state index is 10.2. The van der Waals surface area contributed by atoms with Crippen LogP contribution in [0.5, 0.6) is 11.5 Å². The molecule has 2 aromatic carbocycles. The lowest BCUT2D eigenvalue weighted by molar-refractivity contribution is -0.180. The van der Waals surface area contributed by atoms with E-state index in [1.807, 2.05) is 52.8 Å². The van der Waals surface area contributed by atoms with E-state index >= 15 is 0 Å². The molecule has 6 N–H and O–H groups in total. The fourth-order valence-corrected chi connectivity index (χ4v) is 3.55. The van der Waals surface area contributed by atoms with E-state index in [4.69, 9.17) is 14.6 Å². The highest BCUT2D eigenvalue weighted by atomic mass is 16.7. The number of Topliss-reactive ketones (excluding diaryl/α,β-unsaturated/α-hetero) is 1. The van der Waals surface area contributed by atoms with Crippen molar-refractivity contribution in [3.05, 3.63) is 58.7 Å². The van der Waals surface area contributed by atoms with Crippen molar-refractivity contribution in [2.75, 3.05) is 13.1 Å². The summed E-state index contributed by atoms with van der Waals surface area (Å²) in [4.78, 5) is 9.44. The third kappa shape index (κ3) is 14.8. The molecule has 0 bridgehead atoms. The van der Waals surface area contributed by atoms with Gasteiger partial charge in [0.15, 0.2) is 0 Å². The number of fused-ring (bicyclic) bond motifs is 1. The first kappa shape index (κ1) is 36.5. The molecule has 41 heavy (non-hydrogen) atoms. The molecule has 2 aromatic rings. The van der Waals surface area contributed by atoms with Gasteiger partial charge in [-0.25, -0.2) is 0 Å². The molecule has 0 saturated heterocycles. The molecule has 2 atom stereocenters. The van der Waals surface area contributed by atoms with E-state index in [2.05, 4.69) is 31.4 Å². The summed E-state index contributed by atoms with van der Waals surface area (Å²) >= 11 is 0. The lowest BCUT2D eigenvalue weighted by Crippen LogP contribution is -2.38. The number of aromatic hydroxyl groups is 1. The van der Waals surface area contributed by atoms with Gasteiger partial charge in [0.1, 0.15) is 17.3 Å². The number of ketones is 1. The van der Waals surface area contributed by atoms with Crippen molar-refractivity contribution in [3.63, 3.8) is 0 Å². The van der Waals surface area contributed by atoms with E-state index in [1.54, 1.807) is 12.1 Å². The second kappa shape index (κ2) is 15.6. The van der Waals surface area contributed by atoms with Crippen LogP contribution in [0.2, 0.25) is 0 Å². The van der Waals surface area contributed by atoms with Gasteiger partial charge < -0.3 is 45.3 Å². The van der Waals surface area contributed by atoms with Gasteiger partial charge in [0.05, 0.1) is 25.4 Å². The largest absolute Gasteiger partial charge is 0.508 e. The Kier molecular flexibility index (Phi) is 13.9. The van der Waals surface area contributed by atoms with Crippen LogP contribution in [0.15, 0.2) is 36.4 Å². The monoisotopic (exact) mass is 576 g/mol. The first-order chi connectivity index (χ1) is 18.7. The minimum Gasteiger partial charge on any atom is -0.508 e. The summed E-state index contributed by atoms with van der Waals surface area (Å²) in [7, 11) is 0. The van der Waals surface area contributed by atoms with E-state index in [9.17, 15) is 20.1 Å². The number of β-amino-alcohol motifs (C(OH)–C–C–N with tert-alkyl or cyclic N) is 2. The van der Waals surface area contributed by atoms with Crippen molar-refractivity contribution in [1.82, 2.24) is 10.6 Å². The topological polar surface area (TPSA) is 141 Å². The van der Waals surface area contributed by atoms with Gasteiger partial charge in [-0.15, -0.1) is 0 Å². The molecule has 0 spiro atoms. The standard InChI is InChI=1S/C16H25NO3.C13H21NO3.C3H6O/c1-15(2,3)17-9-13(18)11-6-7-14-12(8-11)10-19-16(4,5)20-14;1-13(2,3)14-7-12(17)9-4-5-11(16)10(6-9)8-15;1-3(2)4/h6-8,13,17-18H,9-10H2,1-5H3;4-6,12,14-17H,7-8H2,1-3H3;1-2H3. The Labute approximate surface area is 245 Å². The van der Waals surface area contributed by atoms with Crippen molar-refractivity contribution >= 4 is 5.78 Å². The number of nitrogens with one attached hydrogen (secondary N) is 2. The lowest BCUT2D eigenvalue weighted by Gasteiger charge is -2.33. The van der Waals surface area contributed by atoms with Crippen molar-refractivity contribution < 1.29 is 34.7 Å². The molecule has 0 radical (unpaired) electrons. The zero-order valence-electron chi connectivity index (χ0n) is 26.5. The molecule has 3 rings (SSSR count). The summed E-state index contributed by atoms with van der Waals surface area (Å²) in [5, 5.41) is 45.2. The van der Waals surface area contributed by atoms with Crippen LogP contribution in [0.25, 0.3) is 0 Å². The number of rotatable bonds is 7. The lowest BCUT2D eigenvalue weighted by atomic mass is 10.0. The number of phenols is 1. The number of aliphatic hydroxyl groups is 3. The number of hydrogen-bond donors (Lipinski definition) is 6. The van der Waals surface area contributed by atoms with E-state index in [0.717, 1.165) is 16.9 Å². The number of ether oxygens (including phenoxy) is 2. The number of carbonyl (C=O) groups excluding carboxylic acids is 1. The fourth-order valence-electron chi connectivity index (χ4n) is 3.55. The first-order valence-corrected chi connectivity index (χ1v) is 13.9. The number of hydrogen-bond acceptors (Lipinski definition) is 9. The van der Waals surface area contributed by atoms with Gasteiger partial charge in [-0.2, -0.15) is 0 Å². The van der Waals surface area contributed by atoms with Gasteiger partial charge >= 0.3 is 0 Å². The highest BCUT2D eigenvalue weighted by molar-refractivity contribution is 5.72. The van der Waals surface area contributed by atoms with Gasteiger partial charge in [0, 0.05) is 49.1 Å². The predicted octanol–water partition coefficient (Wildman–Crippen LogP) is 4.65. The summed E-state index contributed by atoms with van der Waals surface area (Å²) in [6.45, 7) is 20.4. The summed E-state index contributed by atoms with van der Waals surface area (Å²) in [6.07, 6.45) is -1.19. The van der Waals surface area contributed by atoms with E-state index in [-0.39, 0.29) is 29.2 Å². The Hall–Kier alpha value is -2.53. The summed E-state index contributed by atoms with van der Waals surface area (Å²) in [6, 6.07) is 10.5. The highest BCUT2D eigenvalue weighted by Crippen LogP contribution is 2.33. The number of benzene rings is 2. The van der Waals surface area contributed by atoms with Crippen molar-refractivity contribution in [3.8, 4) is 11.5 Å². The highest BCUT2D eigenvalue weighted by Gasteiger charge is 2.27. The molecule has 9 heteroatoms. The van der Waals surface area contributed by atoms with Gasteiger partial charge in [-0.1, -0.05) is 12.1 Å². The second-order valence-corrected chi connectivity index (χ2v) is 12.9. The van der Waals surface area contributed by atoms with Gasteiger partial charge in [0.25, 0.3) is 0 Å². The van der Waals surface area contributed by atoms with Crippen molar-refractivity contribution in [2.24, 2.45) is 0 Å². The van der Waals surface area contributed by atoms with E-state index < -0.39 is 18.0 Å². The minimum absolute atomic E-state index is 0.00850. The minimum atomic E-state index is -0.653. The molecule has 0 aromatic heterocycles. The van der Waals surface area contributed by atoms with Crippen LogP contribution in [0.1, 0.15) is 104 Å². The maximum absolute atomic E-state index is 10.2. The Morgan fingerprint density at radius 2 is 1.37 bits per heavy atom. The molecule has 1 aliphatic heterocycles. The molecule has 232 valence electrons. The zero-order chi connectivity index (χ0) is 31.6. The molecule has 0 saturated carbocycles. The number of carbonyl (C=O) groups is 1. The molecule has 0 fully saturated rings. The molecule has 0 amide bonds.